The zero-order valence-electron chi connectivity index (χ0n) is 10.7. The average molecular weight is 253 g/mol. The molecule has 2 N–H and O–H groups in total. The van der Waals surface area contributed by atoms with Crippen LogP contribution in [0, 0.1) is 0 Å². The molecule has 0 bridgehead atoms. The van der Waals surface area contributed by atoms with Crippen LogP contribution in [-0.2, 0) is 0 Å². The Morgan fingerprint density at radius 2 is 1.95 bits per heavy atom. The van der Waals surface area contributed by atoms with E-state index in [9.17, 15) is 0 Å². The van der Waals surface area contributed by atoms with Crippen LogP contribution in [0.5, 0.6) is 0 Å². The lowest BCUT2D eigenvalue weighted by molar-refractivity contribution is 0.352. The molecule has 1 aromatic heterocycles. The van der Waals surface area contributed by atoms with Crippen LogP contribution in [0.25, 0.3) is 22.2 Å². The predicted octanol–water partition coefficient (Wildman–Crippen LogP) is 3.30. The fourth-order valence-corrected chi connectivity index (χ4v) is 2.01. The van der Waals surface area contributed by atoms with Crippen molar-refractivity contribution in [2.24, 2.45) is 5.73 Å². The van der Waals surface area contributed by atoms with Crippen molar-refractivity contribution in [3.8, 4) is 11.4 Å². The van der Waals surface area contributed by atoms with Gasteiger partial charge in [-0.25, -0.2) is 0 Å². The molecule has 1 heterocycles. The quantitative estimate of drug-likeness (QED) is 0.777. The second-order valence-electron chi connectivity index (χ2n) is 4.53. The topological polar surface area (TPSA) is 64.9 Å². The van der Waals surface area contributed by atoms with Crippen LogP contribution in [0.3, 0.4) is 0 Å². The monoisotopic (exact) mass is 253 g/mol. The summed E-state index contributed by atoms with van der Waals surface area (Å²) in [6.07, 6.45) is 0.777. The van der Waals surface area contributed by atoms with Crippen molar-refractivity contribution in [3.05, 3.63) is 48.4 Å². The van der Waals surface area contributed by atoms with Crippen molar-refractivity contribution >= 4 is 10.8 Å². The summed E-state index contributed by atoms with van der Waals surface area (Å²) >= 11 is 0. The van der Waals surface area contributed by atoms with Gasteiger partial charge in [-0.05, 0) is 23.3 Å². The van der Waals surface area contributed by atoms with E-state index in [1.54, 1.807) is 0 Å². The van der Waals surface area contributed by atoms with E-state index in [1.165, 1.54) is 5.39 Å². The number of aromatic nitrogens is 2. The summed E-state index contributed by atoms with van der Waals surface area (Å²) in [5.41, 5.74) is 6.82. The molecule has 96 valence electrons. The van der Waals surface area contributed by atoms with Gasteiger partial charge in [0.1, 0.15) is 0 Å². The molecule has 1 atom stereocenters. The Morgan fingerprint density at radius 1 is 1.16 bits per heavy atom. The van der Waals surface area contributed by atoms with Crippen LogP contribution in [-0.4, -0.2) is 10.1 Å². The lowest BCUT2D eigenvalue weighted by Crippen LogP contribution is -2.08. The zero-order chi connectivity index (χ0) is 13.2. The summed E-state index contributed by atoms with van der Waals surface area (Å²) in [6.45, 7) is 1.99. The van der Waals surface area contributed by atoms with Crippen LogP contribution in [0.1, 0.15) is 25.3 Å². The maximum Gasteiger partial charge on any atom is 0.243 e. The van der Waals surface area contributed by atoms with Crippen molar-refractivity contribution in [3.63, 3.8) is 0 Å². The van der Waals surface area contributed by atoms with Gasteiger partial charge in [0.05, 0.1) is 6.04 Å². The van der Waals surface area contributed by atoms with Gasteiger partial charge in [-0.15, -0.1) is 0 Å². The highest BCUT2D eigenvalue weighted by Gasteiger charge is 2.14. The third-order valence-corrected chi connectivity index (χ3v) is 3.21. The molecular formula is C15H15N3O. The first-order chi connectivity index (χ1) is 9.28. The summed E-state index contributed by atoms with van der Waals surface area (Å²) < 4.78 is 5.20. The molecule has 3 aromatic rings. The third-order valence-electron chi connectivity index (χ3n) is 3.21. The molecule has 0 aliphatic carbocycles. The molecule has 0 unspecified atom stereocenters. The Kier molecular flexibility index (Phi) is 3.01. The molecule has 0 radical (unpaired) electrons. The Labute approximate surface area is 111 Å². The van der Waals surface area contributed by atoms with E-state index in [1.807, 2.05) is 25.1 Å². The Bertz CT molecular complexity index is 705. The van der Waals surface area contributed by atoms with Gasteiger partial charge in [0, 0.05) is 5.56 Å². The van der Waals surface area contributed by atoms with Gasteiger partial charge < -0.3 is 10.3 Å². The number of fused-ring (bicyclic) bond motifs is 1. The van der Waals surface area contributed by atoms with E-state index in [0.717, 1.165) is 17.4 Å². The Morgan fingerprint density at radius 3 is 2.74 bits per heavy atom. The minimum Gasteiger partial charge on any atom is -0.337 e. The molecule has 0 spiro atoms. The molecule has 0 saturated heterocycles. The first-order valence-corrected chi connectivity index (χ1v) is 6.36. The largest absolute Gasteiger partial charge is 0.337 e. The molecule has 4 nitrogen and oxygen atoms in total. The number of benzene rings is 2. The summed E-state index contributed by atoms with van der Waals surface area (Å²) in [4.78, 5) is 4.36. The molecule has 0 saturated carbocycles. The first-order valence-electron chi connectivity index (χ1n) is 6.36. The van der Waals surface area contributed by atoms with Crippen LogP contribution in [0.15, 0.2) is 47.0 Å². The fraction of sp³-hybridized carbons (Fsp3) is 0.200. The highest BCUT2D eigenvalue weighted by atomic mass is 16.5. The molecule has 0 amide bonds. The van der Waals surface area contributed by atoms with Crippen LogP contribution in [0.4, 0.5) is 0 Å². The fourth-order valence-electron chi connectivity index (χ4n) is 2.01. The minimum atomic E-state index is -0.193. The second kappa shape index (κ2) is 4.82. The smallest absolute Gasteiger partial charge is 0.243 e. The number of rotatable bonds is 3. The van der Waals surface area contributed by atoms with Crippen molar-refractivity contribution in [2.75, 3.05) is 0 Å². The van der Waals surface area contributed by atoms with Gasteiger partial charge in [-0.2, -0.15) is 4.98 Å². The van der Waals surface area contributed by atoms with Gasteiger partial charge in [0.2, 0.25) is 11.7 Å². The molecule has 0 fully saturated rings. The number of nitrogens with zero attached hydrogens (tertiary/aromatic N) is 2. The van der Waals surface area contributed by atoms with Crippen molar-refractivity contribution in [1.82, 2.24) is 10.1 Å². The van der Waals surface area contributed by atoms with Crippen molar-refractivity contribution in [1.29, 1.82) is 0 Å². The van der Waals surface area contributed by atoms with Gasteiger partial charge in [0.15, 0.2) is 0 Å². The normalized spacial score (nSPS) is 12.7. The SMILES string of the molecule is CC[C@@H](N)c1nc(-c2ccc3ccccc3c2)no1. The molecule has 19 heavy (non-hydrogen) atoms. The number of nitrogens with two attached hydrogens (primary N) is 1. The van der Waals surface area contributed by atoms with Gasteiger partial charge in [-0.3, -0.25) is 0 Å². The molecule has 3 rings (SSSR count). The van der Waals surface area contributed by atoms with E-state index < -0.39 is 0 Å². The summed E-state index contributed by atoms with van der Waals surface area (Å²) in [5.74, 6) is 1.08. The highest BCUT2D eigenvalue weighted by Crippen LogP contribution is 2.23. The van der Waals surface area contributed by atoms with Gasteiger partial charge >= 0.3 is 0 Å². The number of hydrogen-bond donors (Lipinski definition) is 1. The molecule has 0 aliphatic heterocycles. The van der Waals surface area contributed by atoms with Crippen LogP contribution in [0.2, 0.25) is 0 Å². The van der Waals surface area contributed by atoms with E-state index in [2.05, 4.69) is 34.4 Å². The summed E-state index contributed by atoms with van der Waals surface area (Å²) in [6, 6.07) is 14.1. The molecule has 4 heteroatoms. The standard InChI is InChI=1S/C15H15N3O/c1-2-13(16)15-17-14(18-19-15)12-8-7-10-5-3-4-6-11(10)9-12/h3-9,13H,2,16H2,1H3/t13-/m1/s1. The Hall–Kier alpha value is -2.20. The predicted molar refractivity (Wildman–Crippen MR) is 74.5 cm³/mol. The lowest BCUT2D eigenvalue weighted by Gasteiger charge is -2.00. The van der Waals surface area contributed by atoms with E-state index in [0.29, 0.717) is 11.7 Å². The number of hydrogen-bond acceptors (Lipinski definition) is 4. The first kappa shape index (κ1) is 11.9. The molecule has 0 aliphatic rings. The van der Waals surface area contributed by atoms with Crippen LogP contribution >= 0.6 is 0 Å². The summed E-state index contributed by atoms with van der Waals surface area (Å²) in [7, 11) is 0. The van der Waals surface area contributed by atoms with Crippen molar-refractivity contribution < 1.29 is 4.52 Å². The van der Waals surface area contributed by atoms with E-state index in [4.69, 9.17) is 10.3 Å². The minimum absolute atomic E-state index is 0.193. The third kappa shape index (κ3) is 2.22. The summed E-state index contributed by atoms with van der Waals surface area (Å²) in [5, 5.41) is 6.35. The maximum absolute atomic E-state index is 5.88. The van der Waals surface area contributed by atoms with Gasteiger partial charge in [0.25, 0.3) is 0 Å². The highest BCUT2D eigenvalue weighted by molar-refractivity contribution is 5.86. The van der Waals surface area contributed by atoms with Crippen LogP contribution < -0.4 is 5.73 Å². The maximum atomic E-state index is 5.88. The average Bonchev–Trinajstić information content (AvgIpc) is 2.95. The van der Waals surface area contributed by atoms with Gasteiger partial charge in [-0.1, -0.05) is 48.5 Å². The lowest BCUT2D eigenvalue weighted by atomic mass is 10.1. The zero-order valence-corrected chi connectivity index (χ0v) is 10.7. The molecular weight excluding hydrogens is 238 g/mol. The van der Waals surface area contributed by atoms with E-state index >= 15 is 0 Å². The second-order valence-corrected chi connectivity index (χ2v) is 4.53. The van der Waals surface area contributed by atoms with E-state index in [-0.39, 0.29) is 6.04 Å². The Balaban J connectivity index is 2.01. The van der Waals surface area contributed by atoms with Crippen molar-refractivity contribution in [2.45, 2.75) is 19.4 Å². The molecule has 2 aromatic carbocycles.